The Morgan fingerprint density at radius 2 is 1.88 bits per heavy atom. The Morgan fingerprint density at radius 3 is 2.48 bits per heavy atom. The Bertz CT molecular complexity index is 717. The number of hydrogen-bond donors (Lipinski definition) is 1. The van der Waals surface area contributed by atoms with Gasteiger partial charge in [-0.05, 0) is 42.8 Å². The fourth-order valence-electron chi connectivity index (χ4n) is 2.35. The van der Waals surface area contributed by atoms with E-state index < -0.39 is 18.2 Å². The molecule has 0 amide bonds. The minimum absolute atomic E-state index is 0.171. The van der Waals surface area contributed by atoms with Crippen LogP contribution in [-0.2, 0) is 0 Å². The highest BCUT2D eigenvalue weighted by atomic mass is 79.9. The quantitative estimate of drug-likeness (QED) is 0.579. The van der Waals surface area contributed by atoms with Gasteiger partial charge in [0.15, 0.2) is 5.78 Å². The summed E-state index contributed by atoms with van der Waals surface area (Å²) >= 11 is 3.34. The zero-order valence-corrected chi connectivity index (χ0v) is 15.0. The fraction of sp³-hybridized carbons (Fsp3) is 0.278. The molecule has 1 atom stereocenters. The van der Waals surface area contributed by atoms with Gasteiger partial charge in [-0.15, -0.1) is 13.2 Å². The number of alkyl halides is 3. The molecule has 1 unspecified atom stereocenters. The van der Waals surface area contributed by atoms with Crippen molar-refractivity contribution >= 4 is 27.4 Å². The second-order valence-corrected chi connectivity index (χ2v) is 6.35. The molecule has 0 spiro atoms. The zero-order chi connectivity index (χ0) is 18.4. The van der Waals surface area contributed by atoms with Gasteiger partial charge in [-0.3, -0.25) is 4.79 Å². The van der Waals surface area contributed by atoms with Crippen molar-refractivity contribution in [3.63, 3.8) is 0 Å². The van der Waals surface area contributed by atoms with E-state index >= 15 is 0 Å². The van der Waals surface area contributed by atoms with Crippen LogP contribution in [0.15, 0.2) is 53.0 Å². The summed E-state index contributed by atoms with van der Waals surface area (Å²) in [5, 5.41) is 3.14. The van der Waals surface area contributed by atoms with Crippen molar-refractivity contribution in [2.24, 2.45) is 0 Å². The van der Waals surface area contributed by atoms with Crippen LogP contribution in [-0.4, -0.2) is 18.2 Å². The Morgan fingerprint density at radius 1 is 1.20 bits per heavy atom. The monoisotopic (exact) mass is 415 g/mol. The molecule has 2 rings (SSSR count). The van der Waals surface area contributed by atoms with Gasteiger partial charge in [-0.25, -0.2) is 0 Å². The van der Waals surface area contributed by atoms with E-state index in [2.05, 4.69) is 26.0 Å². The number of halogens is 4. The Balaban J connectivity index is 2.19. The van der Waals surface area contributed by atoms with Gasteiger partial charge in [0.05, 0.1) is 6.04 Å². The summed E-state index contributed by atoms with van der Waals surface area (Å²) in [6.45, 7) is 1.94. The Hall–Kier alpha value is -2.02. The minimum Gasteiger partial charge on any atom is -0.406 e. The lowest BCUT2D eigenvalue weighted by molar-refractivity contribution is -0.274. The third-order valence-corrected chi connectivity index (χ3v) is 3.96. The number of nitrogens with one attached hydrogen (secondary N) is 1. The molecular formula is C18H17BrF3NO2. The molecule has 0 fully saturated rings. The molecule has 0 bridgehead atoms. The van der Waals surface area contributed by atoms with Crippen molar-refractivity contribution < 1.29 is 22.7 Å². The standard InChI is InChI=1S/C18H17BrF3NO2/c1-2-4-16(23-14-9-7-13(19)8-10-14)17(24)12-5-3-6-15(11-12)25-18(20,21)22/h3,5-11,16,23H,2,4H2,1H3. The number of Topliss-reactive ketones (excluding diaryl/α,β-unsaturated/α-hetero) is 1. The first-order valence-electron chi connectivity index (χ1n) is 7.70. The molecule has 1 N–H and O–H groups in total. The number of anilines is 1. The Labute approximate surface area is 152 Å². The van der Waals surface area contributed by atoms with E-state index in [0.29, 0.717) is 6.42 Å². The molecule has 7 heteroatoms. The van der Waals surface area contributed by atoms with Gasteiger partial charge in [0.2, 0.25) is 0 Å². The maximum atomic E-state index is 12.7. The average Bonchev–Trinajstić information content (AvgIpc) is 2.54. The molecule has 0 aliphatic carbocycles. The molecule has 3 nitrogen and oxygen atoms in total. The van der Waals surface area contributed by atoms with Gasteiger partial charge < -0.3 is 10.1 Å². The number of carbonyl (C=O) groups is 1. The lowest BCUT2D eigenvalue weighted by Crippen LogP contribution is -2.29. The van der Waals surface area contributed by atoms with Gasteiger partial charge in [-0.1, -0.05) is 41.4 Å². The van der Waals surface area contributed by atoms with E-state index in [1.54, 1.807) is 0 Å². The van der Waals surface area contributed by atoms with Crippen molar-refractivity contribution in [3.05, 3.63) is 58.6 Å². The number of rotatable bonds is 7. The molecule has 0 radical (unpaired) electrons. The summed E-state index contributed by atoms with van der Waals surface area (Å²) in [6, 6.07) is 11.9. The molecule has 0 aliphatic heterocycles. The van der Waals surface area contributed by atoms with Gasteiger partial charge in [0, 0.05) is 15.7 Å². The molecule has 0 saturated heterocycles. The van der Waals surface area contributed by atoms with Gasteiger partial charge in [-0.2, -0.15) is 0 Å². The molecule has 0 heterocycles. The maximum Gasteiger partial charge on any atom is 0.573 e. The molecule has 2 aromatic carbocycles. The first-order valence-corrected chi connectivity index (χ1v) is 8.50. The molecule has 0 aliphatic rings. The van der Waals surface area contributed by atoms with Crippen molar-refractivity contribution in [2.75, 3.05) is 5.32 Å². The summed E-state index contributed by atoms with van der Waals surface area (Å²) in [5.74, 6) is -0.686. The van der Waals surface area contributed by atoms with E-state index in [0.717, 1.165) is 22.6 Å². The number of hydrogen-bond acceptors (Lipinski definition) is 3. The highest BCUT2D eigenvalue weighted by Crippen LogP contribution is 2.25. The third kappa shape index (κ3) is 6.08. The predicted octanol–water partition coefficient (Wildman–Crippen LogP) is 5.81. The highest BCUT2D eigenvalue weighted by Gasteiger charge is 2.31. The molecule has 0 aromatic heterocycles. The van der Waals surface area contributed by atoms with Crippen LogP contribution >= 0.6 is 15.9 Å². The minimum atomic E-state index is -4.79. The van der Waals surface area contributed by atoms with Crippen LogP contribution in [0.25, 0.3) is 0 Å². The molecule has 25 heavy (non-hydrogen) atoms. The molecule has 134 valence electrons. The number of ether oxygens (including phenoxy) is 1. The normalized spacial score (nSPS) is 12.5. The average molecular weight is 416 g/mol. The second kappa shape index (κ2) is 8.38. The van der Waals surface area contributed by atoms with Crippen LogP contribution in [0.1, 0.15) is 30.1 Å². The third-order valence-electron chi connectivity index (χ3n) is 3.43. The number of carbonyl (C=O) groups excluding carboxylic acids is 1. The second-order valence-electron chi connectivity index (χ2n) is 5.43. The fourth-order valence-corrected chi connectivity index (χ4v) is 2.62. The molecular weight excluding hydrogens is 399 g/mol. The smallest absolute Gasteiger partial charge is 0.406 e. The highest BCUT2D eigenvalue weighted by molar-refractivity contribution is 9.10. The number of benzene rings is 2. The van der Waals surface area contributed by atoms with E-state index in [9.17, 15) is 18.0 Å². The maximum absolute atomic E-state index is 12.7. The van der Waals surface area contributed by atoms with Crippen LogP contribution in [0, 0.1) is 0 Å². The molecule has 2 aromatic rings. The zero-order valence-electron chi connectivity index (χ0n) is 13.4. The van der Waals surface area contributed by atoms with Crippen molar-refractivity contribution in [3.8, 4) is 5.75 Å². The van der Waals surface area contributed by atoms with E-state index in [4.69, 9.17) is 0 Å². The summed E-state index contributed by atoms with van der Waals surface area (Å²) in [4.78, 5) is 12.7. The Kier molecular flexibility index (Phi) is 6.47. The van der Waals surface area contributed by atoms with Crippen LogP contribution in [0.2, 0.25) is 0 Å². The topological polar surface area (TPSA) is 38.3 Å². The lowest BCUT2D eigenvalue weighted by Gasteiger charge is -2.19. The van der Waals surface area contributed by atoms with Gasteiger partial charge in [0.1, 0.15) is 5.75 Å². The predicted molar refractivity (Wildman–Crippen MR) is 93.9 cm³/mol. The summed E-state index contributed by atoms with van der Waals surface area (Å²) in [5.41, 5.74) is 0.933. The largest absolute Gasteiger partial charge is 0.573 e. The van der Waals surface area contributed by atoms with E-state index in [1.807, 2.05) is 31.2 Å². The van der Waals surface area contributed by atoms with Crippen LogP contribution in [0.4, 0.5) is 18.9 Å². The number of ketones is 1. The van der Waals surface area contributed by atoms with E-state index in [-0.39, 0.29) is 11.3 Å². The van der Waals surface area contributed by atoms with Crippen LogP contribution in [0.3, 0.4) is 0 Å². The first-order chi connectivity index (χ1) is 11.8. The summed E-state index contributed by atoms with van der Waals surface area (Å²) in [7, 11) is 0. The van der Waals surface area contributed by atoms with Crippen LogP contribution < -0.4 is 10.1 Å². The summed E-state index contributed by atoms with van der Waals surface area (Å²) < 4.78 is 41.8. The van der Waals surface area contributed by atoms with Gasteiger partial charge >= 0.3 is 6.36 Å². The summed E-state index contributed by atoms with van der Waals surface area (Å²) in [6.07, 6.45) is -3.49. The van der Waals surface area contributed by atoms with Crippen molar-refractivity contribution in [2.45, 2.75) is 32.2 Å². The first kappa shape index (κ1) is 19.3. The van der Waals surface area contributed by atoms with Crippen molar-refractivity contribution in [1.29, 1.82) is 0 Å². The van der Waals surface area contributed by atoms with E-state index in [1.165, 1.54) is 18.2 Å². The van der Waals surface area contributed by atoms with Crippen molar-refractivity contribution in [1.82, 2.24) is 0 Å². The van der Waals surface area contributed by atoms with Gasteiger partial charge in [0.25, 0.3) is 0 Å². The SMILES string of the molecule is CCCC(Nc1ccc(Br)cc1)C(=O)c1cccc(OC(F)(F)F)c1. The molecule has 0 saturated carbocycles. The van der Waals surface area contributed by atoms with Crippen LogP contribution in [0.5, 0.6) is 5.75 Å². The lowest BCUT2D eigenvalue weighted by atomic mass is 10.00.